The Morgan fingerprint density at radius 1 is 1.33 bits per heavy atom. The Hall–Kier alpha value is -2.30. The molecule has 0 bridgehead atoms. The summed E-state index contributed by atoms with van der Waals surface area (Å²) in [5.74, 6) is 1.60. The zero-order chi connectivity index (χ0) is 15.7. The van der Waals surface area contributed by atoms with E-state index in [1.165, 1.54) is 0 Å². The molecule has 0 aliphatic heterocycles. The standard InChI is InChI=1S/C16H22N4O/c1-9(2)12-7-6-10(3)8-13(12)21-16-14(15(17)18)11(4)19-20(16)5/h6-9H,1-5H3,(H3,17,18). The minimum atomic E-state index is -0.0330. The third-order valence-corrected chi connectivity index (χ3v) is 3.44. The summed E-state index contributed by atoms with van der Waals surface area (Å²) >= 11 is 0. The van der Waals surface area contributed by atoms with Crippen LogP contribution in [0.3, 0.4) is 0 Å². The summed E-state index contributed by atoms with van der Waals surface area (Å²) in [5, 5.41) is 12.0. The summed E-state index contributed by atoms with van der Waals surface area (Å²) in [6.07, 6.45) is 0. The molecule has 0 atom stereocenters. The van der Waals surface area contributed by atoms with E-state index in [4.69, 9.17) is 15.9 Å². The van der Waals surface area contributed by atoms with Crippen LogP contribution in [0.15, 0.2) is 18.2 Å². The molecular weight excluding hydrogens is 264 g/mol. The fourth-order valence-electron chi connectivity index (χ4n) is 2.38. The Labute approximate surface area is 125 Å². The lowest BCUT2D eigenvalue weighted by molar-refractivity contribution is 0.423. The normalized spacial score (nSPS) is 11.0. The number of aryl methyl sites for hydroxylation is 3. The second kappa shape index (κ2) is 5.60. The number of aromatic nitrogens is 2. The number of amidine groups is 1. The van der Waals surface area contributed by atoms with E-state index in [-0.39, 0.29) is 5.84 Å². The second-order valence-corrected chi connectivity index (χ2v) is 5.60. The second-order valence-electron chi connectivity index (χ2n) is 5.60. The predicted molar refractivity (Wildman–Crippen MR) is 84.3 cm³/mol. The van der Waals surface area contributed by atoms with Gasteiger partial charge in [0.15, 0.2) is 0 Å². The maximum absolute atomic E-state index is 7.72. The van der Waals surface area contributed by atoms with Gasteiger partial charge in [-0.3, -0.25) is 5.41 Å². The summed E-state index contributed by atoms with van der Waals surface area (Å²) in [5.41, 5.74) is 9.15. The van der Waals surface area contributed by atoms with E-state index in [0.29, 0.717) is 23.1 Å². The van der Waals surface area contributed by atoms with Crippen LogP contribution in [0.2, 0.25) is 0 Å². The van der Waals surface area contributed by atoms with Crippen LogP contribution < -0.4 is 10.5 Å². The van der Waals surface area contributed by atoms with Gasteiger partial charge in [0.2, 0.25) is 5.88 Å². The van der Waals surface area contributed by atoms with Gasteiger partial charge in [0.1, 0.15) is 17.1 Å². The van der Waals surface area contributed by atoms with Crippen molar-refractivity contribution in [2.45, 2.75) is 33.6 Å². The number of hydrogen-bond donors (Lipinski definition) is 2. The van der Waals surface area contributed by atoms with E-state index >= 15 is 0 Å². The monoisotopic (exact) mass is 286 g/mol. The molecule has 2 rings (SSSR count). The van der Waals surface area contributed by atoms with E-state index in [1.54, 1.807) is 11.7 Å². The predicted octanol–water partition coefficient (Wildman–Crippen LogP) is 3.24. The number of ether oxygens (including phenoxy) is 1. The van der Waals surface area contributed by atoms with Gasteiger partial charge in [-0.05, 0) is 37.0 Å². The van der Waals surface area contributed by atoms with Gasteiger partial charge in [-0.15, -0.1) is 0 Å². The summed E-state index contributed by atoms with van der Waals surface area (Å²) in [7, 11) is 1.79. The molecule has 0 aliphatic carbocycles. The van der Waals surface area contributed by atoms with Crippen molar-refractivity contribution in [3.63, 3.8) is 0 Å². The lowest BCUT2D eigenvalue weighted by atomic mass is 10.0. The molecule has 0 aliphatic rings. The molecule has 0 radical (unpaired) electrons. The van der Waals surface area contributed by atoms with Crippen LogP contribution in [0.4, 0.5) is 0 Å². The topological polar surface area (TPSA) is 76.9 Å². The van der Waals surface area contributed by atoms with E-state index < -0.39 is 0 Å². The van der Waals surface area contributed by atoms with Crippen molar-refractivity contribution in [2.24, 2.45) is 12.8 Å². The van der Waals surface area contributed by atoms with Crippen molar-refractivity contribution in [1.82, 2.24) is 9.78 Å². The maximum atomic E-state index is 7.72. The molecule has 0 saturated heterocycles. The van der Waals surface area contributed by atoms with E-state index in [0.717, 1.165) is 16.9 Å². The van der Waals surface area contributed by atoms with Gasteiger partial charge in [0.25, 0.3) is 0 Å². The van der Waals surface area contributed by atoms with E-state index in [9.17, 15) is 0 Å². The van der Waals surface area contributed by atoms with Gasteiger partial charge in [-0.2, -0.15) is 5.10 Å². The van der Waals surface area contributed by atoms with Crippen LogP contribution >= 0.6 is 0 Å². The van der Waals surface area contributed by atoms with Gasteiger partial charge >= 0.3 is 0 Å². The summed E-state index contributed by atoms with van der Waals surface area (Å²) in [6, 6.07) is 6.15. The Morgan fingerprint density at radius 3 is 2.57 bits per heavy atom. The number of nitrogens with one attached hydrogen (secondary N) is 1. The number of nitrogen functional groups attached to an aromatic ring is 1. The minimum absolute atomic E-state index is 0.0330. The first-order valence-electron chi connectivity index (χ1n) is 6.97. The molecule has 21 heavy (non-hydrogen) atoms. The summed E-state index contributed by atoms with van der Waals surface area (Å²) in [4.78, 5) is 0. The number of rotatable bonds is 4. The molecule has 0 unspecified atom stereocenters. The highest BCUT2D eigenvalue weighted by molar-refractivity contribution is 5.98. The highest BCUT2D eigenvalue weighted by Crippen LogP contribution is 2.33. The van der Waals surface area contributed by atoms with E-state index in [1.807, 2.05) is 19.9 Å². The number of benzene rings is 1. The van der Waals surface area contributed by atoms with Crippen molar-refractivity contribution >= 4 is 5.84 Å². The van der Waals surface area contributed by atoms with Gasteiger partial charge in [0.05, 0.1) is 5.69 Å². The molecular formula is C16H22N4O. The van der Waals surface area contributed by atoms with Crippen LogP contribution in [0, 0.1) is 19.3 Å². The van der Waals surface area contributed by atoms with Crippen molar-refractivity contribution in [3.8, 4) is 11.6 Å². The first kappa shape index (κ1) is 15.1. The largest absolute Gasteiger partial charge is 0.438 e. The quantitative estimate of drug-likeness (QED) is 0.669. The Morgan fingerprint density at radius 2 is 2.00 bits per heavy atom. The smallest absolute Gasteiger partial charge is 0.228 e. The first-order chi connectivity index (χ1) is 9.81. The Kier molecular flexibility index (Phi) is 4.02. The SMILES string of the molecule is Cc1ccc(C(C)C)c(Oc2c(C(=N)N)c(C)nn2C)c1. The molecule has 5 heteroatoms. The zero-order valence-electron chi connectivity index (χ0n) is 13.2. The Balaban J connectivity index is 2.53. The number of nitrogens with zero attached hydrogens (tertiary/aromatic N) is 2. The molecule has 0 amide bonds. The molecule has 1 heterocycles. The number of hydrogen-bond acceptors (Lipinski definition) is 3. The molecule has 1 aromatic heterocycles. The van der Waals surface area contributed by atoms with Crippen LogP contribution in [-0.4, -0.2) is 15.6 Å². The zero-order valence-corrected chi connectivity index (χ0v) is 13.2. The highest BCUT2D eigenvalue weighted by atomic mass is 16.5. The van der Waals surface area contributed by atoms with Crippen LogP contribution in [0.1, 0.15) is 42.1 Å². The molecule has 0 saturated carbocycles. The molecule has 3 N–H and O–H groups in total. The highest BCUT2D eigenvalue weighted by Gasteiger charge is 2.19. The fraction of sp³-hybridized carbons (Fsp3) is 0.375. The molecule has 0 fully saturated rings. The van der Waals surface area contributed by atoms with Crippen LogP contribution in [0.25, 0.3) is 0 Å². The van der Waals surface area contributed by atoms with Crippen molar-refractivity contribution in [2.75, 3.05) is 0 Å². The fourth-order valence-corrected chi connectivity index (χ4v) is 2.38. The third-order valence-electron chi connectivity index (χ3n) is 3.44. The Bertz CT molecular complexity index is 686. The molecule has 5 nitrogen and oxygen atoms in total. The van der Waals surface area contributed by atoms with Gasteiger partial charge in [-0.1, -0.05) is 26.0 Å². The van der Waals surface area contributed by atoms with Gasteiger partial charge < -0.3 is 10.5 Å². The molecule has 112 valence electrons. The molecule has 1 aromatic carbocycles. The lowest BCUT2D eigenvalue weighted by Gasteiger charge is -2.15. The molecule has 2 aromatic rings. The van der Waals surface area contributed by atoms with Crippen molar-refractivity contribution < 1.29 is 4.74 Å². The summed E-state index contributed by atoms with van der Waals surface area (Å²) < 4.78 is 7.70. The first-order valence-corrected chi connectivity index (χ1v) is 6.97. The lowest BCUT2D eigenvalue weighted by Crippen LogP contribution is -2.13. The van der Waals surface area contributed by atoms with Crippen molar-refractivity contribution in [1.29, 1.82) is 5.41 Å². The summed E-state index contributed by atoms with van der Waals surface area (Å²) in [6.45, 7) is 8.09. The maximum Gasteiger partial charge on any atom is 0.228 e. The average molecular weight is 286 g/mol. The van der Waals surface area contributed by atoms with Gasteiger partial charge in [0, 0.05) is 7.05 Å². The average Bonchev–Trinajstić information content (AvgIpc) is 2.63. The molecule has 0 spiro atoms. The van der Waals surface area contributed by atoms with Gasteiger partial charge in [-0.25, -0.2) is 4.68 Å². The van der Waals surface area contributed by atoms with Crippen LogP contribution in [0.5, 0.6) is 11.6 Å². The third kappa shape index (κ3) is 2.91. The van der Waals surface area contributed by atoms with Crippen LogP contribution in [-0.2, 0) is 7.05 Å². The van der Waals surface area contributed by atoms with E-state index in [2.05, 4.69) is 31.1 Å². The number of nitrogens with two attached hydrogens (primary N) is 1. The minimum Gasteiger partial charge on any atom is -0.438 e. The van der Waals surface area contributed by atoms with Crippen molar-refractivity contribution in [3.05, 3.63) is 40.6 Å².